The lowest BCUT2D eigenvalue weighted by molar-refractivity contribution is 0.102. The number of hydrogen-bond donors (Lipinski definition) is 2. The first kappa shape index (κ1) is 16.9. The van der Waals surface area contributed by atoms with E-state index in [1.54, 1.807) is 12.1 Å². The Hall–Kier alpha value is -3.55. The first-order valence-electron chi connectivity index (χ1n) is 8.42. The number of H-pyrrole nitrogens is 1. The summed E-state index contributed by atoms with van der Waals surface area (Å²) in [6.45, 7) is 4.16. The molecular formula is C19H16FN5O2. The van der Waals surface area contributed by atoms with Gasteiger partial charge in [-0.3, -0.25) is 9.59 Å². The fraction of sp³-hybridized carbons (Fsp3) is 0.158. The van der Waals surface area contributed by atoms with Crippen LogP contribution in [-0.4, -0.2) is 25.7 Å². The zero-order chi connectivity index (χ0) is 19.1. The normalized spacial score (nSPS) is 11.4. The Balaban J connectivity index is 1.74. The van der Waals surface area contributed by atoms with E-state index in [0.717, 1.165) is 5.56 Å². The highest BCUT2D eigenvalue weighted by Gasteiger charge is 2.20. The van der Waals surface area contributed by atoms with E-state index < -0.39 is 17.3 Å². The van der Waals surface area contributed by atoms with Gasteiger partial charge < -0.3 is 10.3 Å². The Kier molecular flexibility index (Phi) is 3.95. The Morgan fingerprint density at radius 1 is 1.19 bits per heavy atom. The number of rotatable bonds is 3. The number of amides is 1. The maximum atomic E-state index is 13.4. The third-order valence-electron chi connectivity index (χ3n) is 4.37. The average molecular weight is 365 g/mol. The van der Waals surface area contributed by atoms with Crippen molar-refractivity contribution in [2.24, 2.45) is 0 Å². The Labute approximate surface area is 152 Å². The number of fused-ring (bicyclic) bond motifs is 3. The molecule has 0 saturated heterocycles. The topological polar surface area (TPSA) is 92.2 Å². The number of anilines is 1. The van der Waals surface area contributed by atoms with E-state index in [-0.39, 0.29) is 16.7 Å². The van der Waals surface area contributed by atoms with Crippen molar-refractivity contribution in [2.75, 3.05) is 5.32 Å². The third kappa shape index (κ3) is 2.95. The van der Waals surface area contributed by atoms with Gasteiger partial charge in [0, 0.05) is 5.69 Å². The van der Waals surface area contributed by atoms with Crippen LogP contribution >= 0.6 is 0 Å². The quantitative estimate of drug-likeness (QED) is 0.584. The van der Waals surface area contributed by atoms with Gasteiger partial charge in [0.15, 0.2) is 11.2 Å². The molecule has 4 rings (SSSR count). The van der Waals surface area contributed by atoms with E-state index in [9.17, 15) is 14.0 Å². The minimum atomic E-state index is -0.571. The van der Waals surface area contributed by atoms with E-state index in [2.05, 4.69) is 34.5 Å². The Morgan fingerprint density at radius 2 is 1.93 bits per heavy atom. The van der Waals surface area contributed by atoms with Crippen molar-refractivity contribution >= 4 is 28.1 Å². The summed E-state index contributed by atoms with van der Waals surface area (Å²) in [5.41, 5.74) is 1.79. The molecule has 2 heterocycles. The molecule has 2 aromatic heterocycles. The SMILES string of the molecule is CC(C)c1ccc(NC(=O)c2nnn3c2c(=O)[nH]c2cc(F)ccc23)cc1. The minimum absolute atomic E-state index is 0.00501. The molecule has 0 atom stereocenters. The minimum Gasteiger partial charge on any atom is -0.321 e. The fourth-order valence-corrected chi connectivity index (χ4v) is 2.92. The molecule has 0 fully saturated rings. The largest absolute Gasteiger partial charge is 0.321 e. The van der Waals surface area contributed by atoms with Gasteiger partial charge in [-0.05, 0) is 41.8 Å². The van der Waals surface area contributed by atoms with Gasteiger partial charge in [0.25, 0.3) is 11.5 Å². The molecule has 0 spiro atoms. The number of nitrogens with one attached hydrogen (secondary N) is 2. The fourth-order valence-electron chi connectivity index (χ4n) is 2.92. The molecule has 4 aromatic rings. The number of halogens is 1. The Morgan fingerprint density at radius 3 is 2.63 bits per heavy atom. The molecular weight excluding hydrogens is 349 g/mol. The summed E-state index contributed by atoms with van der Waals surface area (Å²) >= 11 is 0. The Bertz CT molecular complexity index is 1220. The summed E-state index contributed by atoms with van der Waals surface area (Å²) in [6.07, 6.45) is 0. The average Bonchev–Trinajstić information content (AvgIpc) is 3.08. The number of benzene rings is 2. The predicted molar refractivity (Wildman–Crippen MR) is 99.6 cm³/mol. The van der Waals surface area contributed by atoms with Gasteiger partial charge in [-0.1, -0.05) is 31.2 Å². The highest BCUT2D eigenvalue weighted by molar-refractivity contribution is 6.07. The molecule has 0 bridgehead atoms. The maximum Gasteiger partial charge on any atom is 0.278 e. The highest BCUT2D eigenvalue weighted by atomic mass is 19.1. The summed E-state index contributed by atoms with van der Waals surface area (Å²) in [4.78, 5) is 27.6. The maximum absolute atomic E-state index is 13.4. The number of carbonyl (C=O) groups excluding carboxylic acids is 1. The van der Waals surface area contributed by atoms with Crippen molar-refractivity contribution in [3.05, 3.63) is 69.9 Å². The van der Waals surface area contributed by atoms with Crippen LogP contribution in [0.25, 0.3) is 16.6 Å². The molecule has 2 aromatic carbocycles. The van der Waals surface area contributed by atoms with E-state index in [0.29, 0.717) is 17.1 Å². The molecule has 0 radical (unpaired) electrons. The van der Waals surface area contributed by atoms with Crippen molar-refractivity contribution in [3.8, 4) is 0 Å². The summed E-state index contributed by atoms with van der Waals surface area (Å²) in [5.74, 6) is -0.651. The van der Waals surface area contributed by atoms with Crippen LogP contribution in [0, 0.1) is 5.82 Å². The van der Waals surface area contributed by atoms with E-state index in [1.165, 1.54) is 22.7 Å². The molecule has 8 heteroatoms. The second-order valence-corrected chi connectivity index (χ2v) is 6.54. The van der Waals surface area contributed by atoms with Crippen LogP contribution in [0.3, 0.4) is 0 Å². The molecule has 7 nitrogen and oxygen atoms in total. The van der Waals surface area contributed by atoms with Gasteiger partial charge >= 0.3 is 0 Å². The lowest BCUT2D eigenvalue weighted by Crippen LogP contribution is -2.18. The van der Waals surface area contributed by atoms with Crippen molar-refractivity contribution in [3.63, 3.8) is 0 Å². The molecule has 2 N–H and O–H groups in total. The number of aromatic nitrogens is 4. The standard InChI is InChI=1S/C19H16FN5O2/c1-10(2)11-3-6-13(7-4-11)21-18(26)16-17-19(27)22-14-9-12(20)5-8-15(14)25(17)24-23-16/h3-10H,1-2H3,(H,21,26)(H,22,27). The molecule has 0 aliphatic carbocycles. The van der Waals surface area contributed by atoms with Gasteiger partial charge in [-0.25, -0.2) is 8.91 Å². The summed E-state index contributed by atoms with van der Waals surface area (Å²) in [5, 5.41) is 10.5. The summed E-state index contributed by atoms with van der Waals surface area (Å²) in [6, 6.07) is 11.3. The number of aromatic amines is 1. The number of hydrogen-bond acceptors (Lipinski definition) is 4. The summed E-state index contributed by atoms with van der Waals surface area (Å²) < 4.78 is 14.6. The first-order valence-corrected chi connectivity index (χ1v) is 8.42. The van der Waals surface area contributed by atoms with E-state index in [4.69, 9.17) is 0 Å². The lowest BCUT2D eigenvalue weighted by atomic mass is 10.0. The van der Waals surface area contributed by atoms with Crippen LogP contribution in [0.4, 0.5) is 10.1 Å². The first-order chi connectivity index (χ1) is 12.9. The van der Waals surface area contributed by atoms with Crippen LogP contribution < -0.4 is 10.9 Å². The van der Waals surface area contributed by atoms with Gasteiger partial charge in [0.2, 0.25) is 0 Å². The van der Waals surface area contributed by atoms with Gasteiger partial charge in [-0.15, -0.1) is 5.10 Å². The zero-order valence-corrected chi connectivity index (χ0v) is 14.7. The van der Waals surface area contributed by atoms with E-state index >= 15 is 0 Å². The van der Waals surface area contributed by atoms with Crippen LogP contribution in [0.15, 0.2) is 47.3 Å². The molecule has 136 valence electrons. The molecule has 0 aliphatic heterocycles. The second kappa shape index (κ2) is 6.31. The highest BCUT2D eigenvalue weighted by Crippen LogP contribution is 2.19. The molecule has 0 unspecified atom stereocenters. The van der Waals surface area contributed by atoms with Gasteiger partial charge in [0.05, 0.1) is 11.0 Å². The molecule has 0 saturated carbocycles. The smallest absolute Gasteiger partial charge is 0.278 e. The number of nitrogens with zero attached hydrogens (tertiary/aromatic N) is 3. The lowest BCUT2D eigenvalue weighted by Gasteiger charge is -2.07. The number of carbonyl (C=O) groups is 1. The van der Waals surface area contributed by atoms with E-state index in [1.807, 2.05) is 12.1 Å². The van der Waals surface area contributed by atoms with Crippen molar-refractivity contribution in [2.45, 2.75) is 19.8 Å². The van der Waals surface area contributed by atoms with Gasteiger partial charge in [-0.2, -0.15) is 0 Å². The van der Waals surface area contributed by atoms with Crippen molar-refractivity contribution in [1.82, 2.24) is 19.8 Å². The summed E-state index contributed by atoms with van der Waals surface area (Å²) in [7, 11) is 0. The van der Waals surface area contributed by atoms with Crippen LogP contribution in [0.5, 0.6) is 0 Å². The second-order valence-electron chi connectivity index (χ2n) is 6.54. The van der Waals surface area contributed by atoms with Crippen molar-refractivity contribution in [1.29, 1.82) is 0 Å². The van der Waals surface area contributed by atoms with Crippen LogP contribution in [0.2, 0.25) is 0 Å². The van der Waals surface area contributed by atoms with Crippen LogP contribution in [0.1, 0.15) is 35.8 Å². The van der Waals surface area contributed by atoms with Gasteiger partial charge in [0.1, 0.15) is 5.82 Å². The monoisotopic (exact) mass is 365 g/mol. The van der Waals surface area contributed by atoms with Crippen molar-refractivity contribution < 1.29 is 9.18 Å². The van der Waals surface area contributed by atoms with Crippen LogP contribution in [-0.2, 0) is 0 Å². The zero-order valence-electron chi connectivity index (χ0n) is 14.7. The third-order valence-corrected chi connectivity index (χ3v) is 4.37. The molecule has 0 aliphatic rings. The predicted octanol–water partition coefficient (Wildman–Crippen LogP) is 3.09. The molecule has 1 amide bonds. The molecule has 27 heavy (non-hydrogen) atoms.